The molecule has 0 saturated carbocycles. The van der Waals surface area contributed by atoms with Gasteiger partial charge in [0.15, 0.2) is 0 Å². The minimum Gasteiger partial charge on any atom is -0.490 e. The number of rotatable bonds is 5. The molecule has 0 spiro atoms. The van der Waals surface area contributed by atoms with Crippen molar-refractivity contribution in [2.45, 2.75) is 0 Å². The molecule has 1 amide bonds. The Kier molecular flexibility index (Phi) is 5.67. The topological polar surface area (TPSA) is 47.6 Å². The van der Waals surface area contributed by atoms with Crippen molar-refractivity contribution >= 4 is 34.4 Å². The lowest BCUT2D eigenvalue weighted by Crippen LogP contribution is -2.17. The molecule has 20 heavy (non-hydrogen) atoms. The molecule has 0 saturated heterocycles. The van der Waals surface area contributed by atoms with E-state index in [2.05, 4.69) is 27.9 Å². The summed E-state index contributed by atoms with van der Waals surface area (Å²) in [5.74, 6) is 0.762. The average molecular weight is 383 g/mol. The van der Waals surface area contributed by atoms with Crippen LogP contribution < -0.4 is 10.1 Å². The Bertz CT molecular complexity index is 543. The van der Waals surface area contributed by atoms with E-state index in [1.165, 1.54) is 0 Å². The molecule has 2 aromatic rings. The fourth-order valence-electron chi connectivity index (χ4n) is 1.50. The average Bonchev–Trinajstić information content (AvgIpc) is 2.46. The van der Waals surface area contributed by atoms with E-state index in [4.69, 9.17) is 9.47 Å². The molecular weight excluding hydrogens is 369 g/mol. The highest BCUT2D eigenvalue weighted by atomic mass is 127. The Morgan fingerprint density at radius 3 is 2.40 bits per heavy atom. The van der Waals surface area contributed by atoms with Gasteiger partial charge >= 0.3 is 6.09 Å². The Morgan fingerprint density at radius 1 is 1.00 bits per heavy atom. The predicted octanol–water partition coefficient (Wildman–Crippen LogP) is 3.92. The Balaban J connectivity index is 1.66. The highest BCUT2D eigenvalue weighted by Crippen LogP contribution is 2.13. The van der Waals surface area contributed by atoms with Crippen molar-refractivity contribution in [2.24, 2.45) is 0 Å². The van der Waals surface area contributed by atoms with E-state index in [-0.39, 0.29) is 6.61 Å². The third-order valence-electron chi connectivity index (χ3n) is 2.42. The molecule has 0 unspecified atom stereocenters. The highest BCUT2D eigenvalue weighted by molar-refractivity contribution is 14.1. The van der Waals surface area contributed by atoms with Crippen LogP contribution in [0.5, 0.6) is 5.75 Å². The van der Waals surface area contributed by atoms with Gasteiger partial charge < -0.3 is 9.47 Å². The number of nitrogens with one attached hydrogen (secondary N) is 1. The molecule has 0 atom stereocenters. The summed E-state index contributed by atoms with van der Waals surface area (Å²) >= 11 is 2.23. The molecule has 0 heterocycles. The number of halogens is 1. The van der Waals surface area contributed by atoms with Crippen molar-refractivity contribution in [3.63, 3.8) is 0 Å². The highest BCUT2D eigenvalue weighted by Gasteiger charge is 2.02. The van der Waals surface area contributed by atoms with Gasteiger partial charge in [-0.3, -0.25) is 5.32 Å². The second-order valence-corrected chi connectivity index (χ2v) is 5.17. The predicted molar refractivity (Wildman–Crippen MR) is 86.1 cm³/mol. The van der Waals surface area contributed by atoms with Crippen molar-refractivity contribution in [1.82, 2.24) is 0 Å². The normalized spacial score (nSPS) is 9.85. The lowest BCUT2D eigenvalue weighted by molar-refractivity contribution is 0.138. The minimum atomic E-state index is -0.484. The van der Waals surface area contributed by atoms with Crippen molar-refractivity contribution in [1.29, 1.82) is 0 Å². The Labute approximate surface area is 131 Å². The maximum Gasteiger partial charge on any atom is 0.411 e. The van der Waals surface area contributed by atoms with Gasteiger partial charge in [-0.25, -0.2) is 4.79 Å². The zero-order valence-corrected chi connectivity index (χ0v) is 12.9. The number of hydrogen-bond donors (Lipinski definition) is 1. The molecule has 4 nitrogen and oxygen atoms in total. The van der Waals surface area contributed by atoms with E-state index in [0.717, 1.165) is 9.32 Å². The molecule has 0 aromatic heterocycles. The lowest BCUT2D eigenvalue weighted by atomic mass is 10.3. The molecule has 0 aliphatic heterocycles. The second kappa shape index (κ2) is 7.74. The maximum absolute atomic E-state index is 11.5. The summed E-state index contributed by atoms with van der Waals surface area (Å²) in [6.07, 6.45) is -0.484. The van der Waals surface area contributed by atoms with Crippen LogP contribution in [0, 0.1) is 3.57 Å². The molecular formula is C15H14INO3. The molecule has 0 bridgehead atoms. The van der Waals surface area contributed by atoms with Crippen LogP contribution in [0.4, 0.5) is 10.5 Å². The summed E-state index contributed by atoms with van der Waals surface area (Å²) in [5.41, 5.74) is 0.705. The number of carbonyl (C=O) groups excluding carboxylic acids is 1. The van der Waals surface area contributed by atoms with Crippen LogP contribution in [0.15, 0.2) is 54.6 Å². The number of hydrogen-bond acceptors (Lipinski definition) is 3. The Hall–Kier alpha value is -1.76. The van der Waals surface area contributed by atoms with Gasteiger partial charge in [0.05, 0.1) is 0 Å². The number of anilines is 1. The zero-order chi connectivity index (χ0) is 14.2. The van der Waals surface area contributed by atoms with Crippen LogP contribution in [0.2, 0.25) is 0 Å². The quantitative estimate of drug-likeness (QED) is 0.629. The van der Waals surface area contributed by atoms with Gasteiger partial charge in [-0.05, 0) is 59.0 Å². The summed E-state index contributed by atoms with van der Waals surface area (Å²) in [7, 11) is 0. The van der Waals surface area contributed by atoms with Crippen LogP contribution in [-0.2, 0) is 4.74 Å². The molecule has 0 fully saturated rings. The van der Waals surface area contributed by atoms with Crippen LogP contribution in [0.1, 0.15) is 0 Å². The first kappa shape index (κ1) is 14.6. The van der Waals surface area contributed by atoms with Crippen molar-refractivity contribution in [3.8, 4) is 5.75 Å². The van der Waals surface area contributed by atoms with Crippen molar-refractivity contribution in [2.75, 3.05) is 18.5 Å². The van der Waals surface area contributed by atoms with Crippen molar-refractivity contribution in [3.05, 3.63) is 58.2 Å². The molecule has 5 heteroatoms. The number of carbonyl (C=O) groups is 1. The van der Waals surface area contributed by atoms with Crippen LogP contribution in [-0.4, -0.2) is 19.3 Å². The first-order chi connectivity index (χ1) is 9.74. The SMILES string of the molecule is O=C(Nc1ccccc1)OCCOc1ccc(I)cc1. The fourth-order valence-corrected chi connectivity index (χ4v) is 1.86. The van der Waals surface area contributed by atoms with Gasteiger partial charge in [-0.2, -0.15) is 0 Å². The standard InChI is InChI=1S/C15H14INO3/c16-12-6-8-14(9-7-12)19-10-11-20-15(18)17-13-4-2-1-3-5-13/h1-9H,10-11H2,(H,17,18). The van der Waals surface area contributed by atoms with Gasteiger partial charge in [0.1, 0.15) is 19.0 Å². The molecule has 2 aromatic carbocycles. The summed E-state index contributed by atoms with van der Waals surface area (Å²) in [6, 6.07) is 16.8. The van der Waals surface area contributed by atoms with Crippen LogP contribution in [0.3, 0.4) is 0 Å². The van der Waals surface area contributed by atoms with Gasteiger partial charge in [0, 0.05) is 9.26 Å². The van der Waals surface area contributed by atoms with Crippen molar-refractivity contribution < 1.29 is 14.3 Å². The minimum absolute atomic E-state index is 0.199. The molecule has 2 rings (SSSR count). The molecule has 0 aliphatic carbocycles. The zero-order valence-electron chi connectivity index (χ0n) is 10.7. The van der Waals surface area contributed by atoms with E-state index in [0.29, 0.717) is 12.3 Å². The number of amides is 1. The van der Waals surface area contributed by atoms with E-state index in [9.17, 15) is 4.79 Å². The molecule has 0 radical (unpaired) electrons. The third-order valence-corrected chi connectivity index (χ3v) is 3.14. The third kappa shape index (κ3) is 5.08. The largest absolute Gasteiger partial charge is 0.490 e. The second-order valence-electron chi connectivity index (χ2n) is 3.93. The number of ether oxygens (including phenoxy) is 2. The fraction of sp³-hybridized carbons (Fsp3) is 0.133. The van der Waals surface area contributed by atoms with Crippen LogP contribution >= 0.6 is 22.6 Å². The molecule has 104 valence electrons. The first-order valence-corrected chi connectivity index (χ1v) is 7.19. The lowest BCUT2D eigenvalue weighted by Gasteiger charge is -2.08. The molecule has 0 aliphatic rings. The number of benzene rings is 2. The van der Waals surface area contributed by atoms with Gasteiger partial charge in [0.25, 0.3) is 0 Å². The van der Waals surface area contributed by atoms with Gasteiger partial charge in [-0.15, -0.1) is 0 Å². The summed E-state index contributed by atoms with van der Waals surface area (Å²) in [5, 5.41) is 2.63. The summed E-state index contributed by atoms with van der Waals surface area (Å²) < 4.78 is 11.6. The van der Waals surface area contributed by atoms with E-state index in [1.807, 2.05) is 42.5 Å². The number of para-hydroxylation sites is 1. The van der Waals surface area contributed by atoms with E-state index < -0.39 is 6.09 Å². The monoisotopic (exact) mass is 383 g/mol. The maximum atomic E-state index is 11.5. The summed E-state index contributed by atoms with van der Waals surface area (Å²) in [4.78, 5) is 11.5. The van der Waals surface area contributed by atoms with Crippen LogP contribution in [0.25, 0.3) is 0 Å². The van der Waals surface area contributed by atoms with Gasteiger partial charge in [-0.1, -0.05) is 18.2 Å². The van der Waals surface area contributed by atoms with Gasteiger partial charge in [0.2, 0.25) is 0 Å². The first-order valence-electron chi connectivity index (χ1n) is 6.11. The Morgan fingerprint density at radius 2 is 1.70 bits per heavy atom. The van der Waals surface area contributed by atoms with E-state index >= 15 is 0 Å². The smallest absolute Gasteiger partial charge is 0.411 e. The van der Waals surface area contributed by atoms with E-state index in [1.54, 1.807) is 12.1 Å². The summed E-state index contributed by atoms with van der Waals surface area (Å²) in [6.45, 7) is 0.521. The molecule has 1 N–H and O–H groups in total.